The normalized spacial score (nSPS) is 24.1. The number of pyridine rings is 1. The van der Waals surface area contributed by atoms with Gasteiger partial charge in [-0.2, -0.15) is 0 Å². The number of hydrogen-bond donors (Lipinski definition) is 3. The fraction of sp³-hybridized carbons (Fsp3) is 0.500. The Morgan fingerprint density at radius 3 is 2.46 bits per heavy atom. The number of alkyl carbamates (subject to hydrolysis) is 1. The van der Waals surface area contributed by atoms with Crippen molar-refractivity contribution in [3.8, 4) is 34.3 Å². The molecule has 5 aliphatic rings. The van der Waals surface area contributed by atoms with E-state index in [0.717, 1.165) is 31.2 Å². The molecule has 0 unspecified atom stereocenters. The molecule has 3 heterocycles. The molecule has 16 nitrogen and oxygen atoms in total. The van der Waals surface area contributed by atoms with Gasteiger partial charge in [0.2, 0.25) is 28.6 Å². The monoisotopic (exact) mass is 831 g/mol. The maximum atomic E-state index is 14.6. The van der Waals surface area contributed by atoms with Gasteiger partial charge in [-0.05, 0) is 81.2 Å². The van der Waals surface area contributed by atoms with E-state index in [2.05, 4.69) is 21.9 Å². The number of fused-ring (bicyclic) bond motifs is 2. The minimum absolute atomic E-state index is 0.00502. The molecular formula is C42H49N5O11S. The average molecular weight is 832 g/mol. The zero-order valence-electron chi connectivity index (χ0n) is 33.2. The quantitative estimate of drug-likeness (QED) is 0.194. The highest BCUT2D eigenvalue weighted by atomic mass is 32.2. The van der Waals surface area contributed by atoms with Crippen LogP contribution in [-0.4, -0.2) is 97.6 Å². The molecule has 5 atom stereocenters. The van der Waals surface area contributed by atoms with E-state index in [1.807, 2.05) is 18.2 Å². The van der Waals surface area contributed by atoms with E-state index in [1.165, 1.54) is 11.0 Å². The lowest BCUT2D eigenvalue weighted by molar-refractivity contribution is -0.141. The molecule has 4 amide bonds. The third kappa shape index (κ3) is 8.21. The fourth-order valence-electron chi connectivity index (χ4n) is 8.19. The van der Waals surface area contributed by atoms with E-state index in [-0.39, 0.29) is 32.3 Å². The first-order chi connectivity index (χ1) is 28.3. The number of carbonyl (C=O) groups excluding carboxylic acids is 4. The number of benzene rings is 2. The van der Waals surface area contributed by atoms with Crippen molar-refractivity contribution in [2.75, 3.05) is 20.4 Å². The van der Waals surface area contributed by atoms with Gasteiger partial charge in [0.05, 0.1) is 30.1 Å². The van der Waals surface area contributed by atoms with Gasteiger partial charge in [-0.25, -0.2) is 18.2 Å². The zero-order valence-corrected chi connectivity index (χ0v) is 34.0. The largest absolute Gasteiger partial charge is 0.497 e. The summed E-state index contributed by atoms with van der Waals surface area (Å²) in [7, 11) is -2.36. The summed E-state index contributed by atoms with van der Waals surface area (Å²) < 4.78 is 56.7. The van der Waals surface area contributed by atoms with E-state index < -0.39 is 74.7 Å². The van der Waals surface area contributed by atoms with Gasteiger partial charge in [-0.1, -0.05) is 19.9 Å². The lowest BCUT2D eigenvalue weighted by Gasteiger charge is -2.31. The van der Waals surface area contributed by atoms with Gasteiger partial charge >= 0.3 is 6.09 Å². The Morgan fingerprint density at radius 1 is 1.00 bits per heavy atom. The highest BCUT2D eigenvalue weighted by Gasteiger charge is 2.62. The summed E-state index contributed by atoms with van der Waals surface area (Å²) >= 11 is 0. The van der Waals surface area contributed by atoms with Crippen LogP contribution in [-0.2, 0) is 29.1 Å². The Bertz CT molecular complexity index is 2290. The topological polar surface area (TPSA) is 201 Å². The summed E-state index contributed by atoms with van der Waals surface area (Å²) in [6, 6.07) is 10.4. The standard InChI is InChI=1S/C42H49N5O11S/c1-5-25-20-42(25,40(50)46-59(52,53)29-12-13-29)45-38(48)33-18-28(21-47(33)39(49)37(23(2)3)44-41(51)58-26-8-6-7-9-26)57-35-19-31(24-10-15-34-36(16-24)56-22-55-34)43-32-17-27(54-4)11-14-30(32)35/h5,10-11,14-17,19,23,25-26,28-29,33,37H,1,6-9,12-13,18,20-22H2,2-4H3,(H,44,51)(H,45,48)(H,46,50)/t25-,28-,33+,37+,42-/m1/s1. The van der Waals surface area contributed by atoms with Crippen molar-refractivity contribution in [3.05, 3.63) is 55.1 Å². The van der Waals surface area contributed by atoms with Crippen molar-refractivity contribution in [3.63, 3.8) is 0 Å². The van der Waals surface area contributed by atoms with Crippen molar-refractivity contribution in [2.45, 2.75) is 100 Å². The fourth-order valence-corrected chi connectivity index (χ4v) is 9.55. The molecule has 59 heavy (non-hydrogen) atoms. The van der Waals surface area contributed by atoms with Gasteiger partial charge in [0, 0.05) is 35.4 Å². The first kappa shape index (κ1) is 40.2. The number of nitrogens with zero attached hydrogens (tertiary/aromatic N) is 2. The van der Waals surface area contributed by atoms with Gasteiger partial charge in [-0.15, -0.1) is 6.58 Å². The Hall–Kier alpha value is -5.58. The minimum atomic E-state index is -3.92. The summed E-state index contributed by atoms with van der Waals surface area (Å²) in [5.74, 6) is -0.805. The van der Waals surface area contributed by atoms with Gasteiger partial charge < -0.3 is 39.2 Å². The molecule has 4 fully saturated rings. The summed E-state index contributed by atoms with van der Waals surface area (Å²) in [4.78, 5) is 62.0. The molecule has 314 valence electrons. The SMILES string of the molecule is C=C[C@@H]1C[C@]1(NC(=O)[C@@H]1C[C@@H](Oc2cc(-c3ccc4c(c3)OCO4)nc3cc(OC)ccc23)CN1C(=O)[C@@H](NC(=O)OC1CCCC1)C(C)C)C(=O)NS(=O)(=O)C1CC1. The second kappa shape index (κ2) is 15.9. The smallest absolute Gasteiger partial charge is 0.408 e. The zero-order chi connectivity index (χ0) is 41.6. The lowest BCUT2D eigenvalue weighted by atomic mass is 10.0. The number of likely N-dealkylation sites (tertiary alicyclic amines) is 1. The van der Waals surface area contributed by atoms with Crippen LogP contribution in [0.4, 0.5) is 4.79 Å². The summed E-state index contributed by atoms with van der Waals surface area (Å²) in [5.41, 5.74) is 0.281. The van der Waals surface area contributed by atoms with Crippen molar-refractivity contribution in [1.82, 2.24) is 25.2 Å². The lowest BCUT2D eigenvalue weighted by Crippen LogP contribution is -2.59. The molecule has 0 spiro atoms. The van der Waals surface area contributed by atoms with Crippen molar-refractivity contribution >= 4 is 44.7 Å². The van der Waals surface area contributed by atoms with Crippen LogP contribution < -0.4 is 34.3 Å². The second-order valence-corrected chi connectivity index (χ2v) is 18.3. The first-order valence-corrected chi connectivity index (χ1v) is 21.7. The average Bonchev–Trinajstić information content (AvgIpc) is 4.00. The third-order valence-electron chi connectivity index (χ3n) is 11.8. The van der Waals surface area contributed by atoms with Gasteiger partial charge in [-0.3, -0.25) is 19.1 Å². The van der Waals surface area contributed by atoms with Gasteiger partial charge in [0.15, 0.2) is 11.5 Å². The number of rotatable bonds is 14. The van der Waals surface area contributed by atoms with Crippen LogP contribution in [0.5, 0.6) is 23.0 Å². The maximum Gasteiger partial charge on any atom is 0.408 e. The number of methoxy groups -OCH3 is 1. The first-order valence-electron chi connectivity index (χ1n) is 20.1. The molecule has 0 radical (unpaired) electrons. The molecule has 3 aliphatic carbocycles. The molecule has 3 aromatic rings. The number of carbonyl (C=O) groups is 4. The van der Waals surface area contributed by atoms with Crippen LogP contribution in [0.25, 0.3) is 22.2 Å². The minimum Gasteiger partial charge on any atom is -0.497 e. The van der Waals surface area contributed by atoms with Gasteiger partial charge in [0.1, 0.15) is 41.3 Å². The third-order valence-corrected chi connectivity index (χ3v) is 13.6. The number of nitrogens with one attached hydrogen (secondary N) is 3. The van der Waals surface area contributed by atoms with E-state index in [9.17, 15) is 27.6 Å². The molecule has 0 bridgehead atoms. The molecule has 3 N–H and O–H groups in total. The highest BCUT2D eigenvalue weighted by Crippen LogP contribution is 2.46. The van der Waals surface area contributed by atoms with Gasteiger partial charge in [0.25, 0.3) is 5.91 Å². The molecule has 3 saturated carbocycles. The summed E-state index contributed by atoms with van der Waals surface area (Å²) in [6.45, 7) is 7.41. The predicted octanol–water partition coefficient (Wildman–Crippen LogP) is 4.35. The van der Waals surface area contributed by atoms with Crippen LogP contribution in [0.15, 0.2) is 55.1 Å². The Kier molecular flexibility index (Phi) is 10.8. The van der Waals surface area contributed by atoms with Crippen LogP contribution in [0.1, 0.15) is 65.2 Å². The molecule has 2 aromatic carbocycles. The molecular weight excluding hydrogens is 783 g/mol. The molecule has 17 heteroatoms. The van der Waals surface area contributed by atoms with Crippen LogP contribution >= 0.6 is 0 Å². The molecule has 1 saturated heterocycles. The predicted molar refractivity (Wildman–Crippen MR) is 214 cm³/mol. The second-order valence-electron chi connectivity index (χ2n) is 16.3. The summed E-state index contributed by atoms with van der Waals surface area (Å²) in [5, 5.41) is 5.56. The molecule has 2 aliphatic heterocycles. The number of amides is 4. The van der Waals surface area contributed by atoms with Crippen LogP contribution in [0.3, 0.4) is 0 Å². The maximum absolute atomic E-state index is 14.6. The number of aromatic nitrogens is 1. The van der Waals surface area contributed by atoms with Crippen LogP contribution in [0, 0.1) is 11.8 Å². The Balaban J connectivity index is 1.10. The summed E-state index contributed by atoms with van der Waals surface area (Å²) in [6.07, 6.45) is 4.24. The Morgan fingerprint density at radius 2 is 1.76 bits per heavy atom. The number of hydrogen-bond acceptors (Lipinski definition) is 12. The van der Waals surface area contributed by atoms with Crippen molar-refractivity contribution in [2.24, 2.45) is 11.8 Å². The molecule has 1 aromatic heterocycles. The van der Waals surface area contributed by atoms with E-state index in [0.29, 0.717) is 52.4 Å². The van der Waals surface area contributed by atoms with Crippen molar-refractivity contribution in [1.29, 1.82) is 0 Å². The molecule has 8 rings (SSSR count). The van der Waals surface area contributed by atoms with E-state index >= 15 is 0 Å². The van der Waals surface area contributed by atoms with E-state index in [1.54, 1.807) is 45.2 Å². The number of sulfonamides is 1. The van der Waals surface area contributed by atoms with Crippen LogP contribution in [0.2, 0.25) is 0 Å². The van der Waals surface area contributed by atoms with Crippen molar-refractivity contribution < 1.29 is 51.3 Å². The van der Waals surface area contributed by atoms with E-state index in [4.69, 9.17) is 28.7 Å². The highest BCUT2D eigenvalue weighted by molar-refractivity contribution is 7.91. The Labute approximate surface area is 342 Å². The number of ether oxygens (including phenoxy) is 5.